The van der Waals surface area contributed by atoms with Crippen molar-refractivity contribution in [1.82, 2.24) is 0 Å². The molecule has 3 aromatic carbocycles. The van der Waals surface area contributed by atoms with Crippen molar-refractivity contribution in [2.24, 2.45) is 0 Å². The predicted molar refractivity (Wildman–Crippen MR) is 99.9 cm³/mol. The first-order valence-corrected chi connectivity index (χ1v) is 8.08. The van der Waals surface area contributed by atoms with Crippen molar-refractivity contribution in [3.8, 4) is 5.75 Å². The molecule has 0 saturated carbocycles. The van der Waals surface area contributed by atoms with Gasteiger partial charge in [-0.1, -0.05) is 60.7 Å². The van der Waals surface area contributed by atoms with Crippen LogP contribution < -0.4 is 4.74 Å². The second-order valence-electron chi connectivity index (χ2n) is 5.87. The molecule has 25 heavy (non-hydrogen) atoms. The van der Waals surface area contributed by atoms with Crippen molar-refractivity contribution in [2.45, 2.75) is 0 Å². The Labute approximate surface area is 145 Å². The van der Waals surface area contributed by atoms with Crippen molar-refractivity contribution in [2.75, 3.05) is 6.61 Å². The molecule has 0 aromatic heterocycles. The summed E-state index contributed by atoms with van der Waals surface area (Å²) >= 11 is 0. The van der Waals surface area contributed by atoms with Gasteiger partial charge in [-0.05, 0) is 22.9 Å². The van der Waals surface area contributed by atoms with Gasteiger partial charge in [-0.2, -0.15) is 0 Å². The molecule has 0 radical (unpaired) electrons. The van der Waals surface area contributed by atoms with Gasteiger partial charge in [0.25, 0.3) is 0 Å². The van der Waals surface area contributed by atoms with Crippen LogP contribution in [0, 0.1) is 0 Å². The minimum Gasteiger partial charge on any atom is -0.515 e. The summed E-state index contributed by atoms with van der Waals surface area (Å²) in [6, 6.07) is 19.0. The number of ketones is 1. The average molecular weight is 328 g/mol. The van der Waals surface area contributed by atoms with E-state index in [2.05, 4.69) is 0 Å². The number of carbonyl (C=O) groups is 1. The van der Waals surface area contributed by atoms with E-state index in [1.54, 1.807) is 12.1 Å². The van der Waals surface area contributed by atoms with E-state index < -0.39 is 0 Å². The van der Waals surface area contributed by atoms with Crippen LogP contribution in [0.5, 0.6) is 5.75 Å². The topological polar surface area (TPSA) is 46.5 Å². The van der Waals surface area contributed by atoms with E-state index in [0.717, 1.165) is 22.6 Å². The lowest BCUT2D eigenvalue weighted by molar-refractivity contribution is 0.105. The Kier molecular flexibility index (Phi) is 3.82. The molecule has 0 amide bonds. The zero-order valence-electron chi connectivity index (χ0n) is 13.5. The third-order valence-corrected chi connectivity index (χ3v) is 4.34. The molecule has 1 aliphatic rings. The van der Waals surface area contributed by atoms with E-state index >= 15 is 0 Å². The average Bonchev–Trinajstić information content (AvgIpc) is 2.68. The molecule has 0 saturated heterocycles. The highest BCUT2D eigenvalue weighted by molar-refractivity contribution is 6.29. The normalized spacial score (nSPS) is 13.4. The van der Waals surface area contributed by atoms with Crippen molar-refractivity contribution in [1.29, 1.82) is 0 Å². The first-order chi connectivity index (χ1) is 12.3. The molecule has 0 atom stereocenters. The van der Waals surface area contributed by atoms with Crippen LogP contribution in [0.2, 0.25) is 0 Å². The first-order valence-electron chi connectivity index (χ1n) is 8.08. The fourth-order valence-corrected chi connectivity index (χ4v) is 3.10. The number of Topliss-reactive ketones (excluding diaryl/α,β-unsaturated/α-hetero) is 1. The Hall–Kier alpha value is -3.33. The molecule has 0 bridgehead atoms. The Morgan fingerprint density at radius 1 is 1.00 bits per heavy atom. The number of fused-ring (bicyclic) bond motifs is 2. The predicted octanol–water partition coefficient (Wildman–Crippen LogP) is 5.03. The Balaban J connectivity index is 1.79. The van der Waals surface area contributed by atoms with E-state index in [4.69, 9.17) is 4.74 Å². The van der Waals surface area contributed by atoms with Gasteiger partial charge in [0.05, 0.1) is 11.8 Å². The number of hydrogen-bond donors (Lipinski definition) is 1. The van der Waals surface area contributed by atoms with E-state index in [-0.39, 0.29) is 11.4 Å². The minimum atomic E-state index is -0.236. The van der Waals surface area contributed by atoms with Crippen molar-refractivity contribution in [3.63, 3.8) is 0 Å². The number of hydrogen-bond acceptors (Lipinski definition) is 3. The van der Waals surface area contributed by atoms with Gasteiger partial charge in [-0.25, -0.2) is 0 Å². The molecule has 0 unspecified atom stereocenters. The maximum absolute atomic E-state index is 13.0. The molecular formula is C22H16O3. The summed E-state index contributed by atoms with van der Waals surface area (Å²) in [4.78, 5) is 13.0. The van der Waals surface area contributed by atoms with Gasteiger partial charge in [0.15, 0.2) is 5.78 Å². The summed E-state index contributed by atoms with van der Waals surface area (Å²) in [5.41, 5.74) is 2.25. The lowest BCUT2D eigenvalue weighted by Crippen LogP contribution is -2.08. The highest BCUT2D eigenvalue weighted by Crippen LogP contribution is 2.34. The molecule has 0 spiro atoms. The van der Waals surface area contributed by atoms with Crippen LogP contribution in [-0.2, 0) is 0 Å². The number of para-hydroxylation sites is 1. The maximum atomic E-state index is 13.0. The van der Waals surface area contributed by atoms with Crippen LogP contribution in [0.15, 0.2) is 73.0 Å². The summed E-state index contributed by atoms with van der Waals surface area (Å²) in [5.74, 6) is 0.388. The molecule has 0 fully saturated rings. The van der Waals surface area contributed by atoms with E-state index in [9.17, 15) is 9.90 Å². The SMILES string of the molecule is O=C(/C(=C\O)c1cccc2c1OCC=C2)c1ccc2ccccc2c1. The van der Waals surface area contributed by atoms with Crippen LogP contribution in [0.25, 0.3) is 22.4 Å². The van der Waals surface area contributed by atoms with Crippen LogP contribution in [0.3, 0.4) is 0 Å². The smallest absolute Gasteiger partial charge is 0.196 e. The number of benzene rings is 3. The van der Waals surface area contributed by atoms with Gasteiger partial charge in [0, 0.05) is 16.7 Å². The first kappa shape index (κ1) is 15.2. The zero-order chi connectivity index (χ0) is 17.2. The molecule has 1 N–H and O–H groups in total. The molecule has 122 valence electrons. The lowest BCUT2D eigenvalue weighted by Gasteiger charge is -2.17. The highest BCUT2D eigenvalue weighted by Gasteiger charge is 2.21. The molecule has 3 aromatic rings. The number of rotatable bonds is 3. The molecule has 3 heteroatoms. The largest absolute Gasteiger partial charge is 0.515 e. The number of ether oxygens (including phenoxy) is 1. The molecular weight excluding hydrogens is 312 g/mol. The van der Waals surface area contributed by atoms with Gasteiger partial charge in [0.1, 0.15) is 12.4 Å². The van der Waals surface area contributed by atoms with Crippen molar-refractivity contribution >= 4 is 28.2 Å². The van der Waals surface area contributed by atoms with E-state index in [0.29, 0.717) is 23.5 Å². The summed E-state index contributed by atoms with van der Waals surface area (Å²) in [6.45, 7) is 0.451. The maximum Gasteiger partial charge on any atom is 0.196 e. The summed E-state index contributed by atoms with van der Waals surface area (Å²) < 4.78 is 5.70. The molecule has 4 rings (SSSR count). The van der Waals surface area contributed by atoms with Gasteiger partial charge in [-0.15, -0.1) is 0 Å². The van der Waals surface area contributed by atoms with Crippen LogP contribution >= 0.6 is 0 Å². The van der Waals surface area contributed by atoms with E-state index in [1.165, 1.54) is 0 Å². The fourth-order valence-electron chi connectivity index (χ4n) is 3.10. The Bertz CT molecular complexity index is 1030. The van der Waals surface area contributed by atoms with Crippen molar-refractivity contribution in [3.05, 3.63) is 89.7 Å². The third kappa shape index (κ3) is 2.70. The van der Waals surface area contributed by atoms with Gasteiger partial charge >= 0.3 is 0 Å². The van der Waals surface area contributed by atoms with Crippen LogP contribution in [0.1, 0.15) is 21.5 Å². The summed E-state index contributed by atoms with van der Waals surface area (Å²) in [6.07, 6.45) is 4.74. The van der Waals surface area contributed by atoms with Gasteiger partial charge in [0.2, 0.25) is 0 Å². The van der Waals surface area contributed by atoms with Gasteiger partial charge in [-0.3, -0.25) is 4.79 Å². The zero-order valence-corrected chi connectivity index (χ0v) is 13.5. The number of carbonyl (C=O) groups excluding carboxylic acids is 1. The van der Waals surface area contributed by atoms with Crippen molar-refractivity contribution < 1.29 is 14.6 Å². The fraction of sp³-hybridized carbons (Fsp3) is 0.0455. The second-order valence-corrected chi connectivity index (χ2v) is 5.87. The standard InChI is InChI=1S/C22H16O3/c23-14-20(19-9-3-7-16-8-4-12-25-22(16)19)21(24)18-11-10-15-5-1-2-6-17(15)13-18/h1-11,13-14,23H,12H2/b20-14-. The van der Waals surface area contributed by atoms with Gasteiger partial charge < -0.3 is 9.84 Å². The number of aliphatic hydroxyl groups excluding tert-OH is 1. The Morgan fingerprint density at radius 2 is 1.84 bits per heavy atom. The summed E-state index contributed by atoms with van der Waals surface area (Å²) in [5, 5.41) is 11.8. The summed E-state index contributed by atoms with van der Waals surface area (Å²) in [7, 11) is 0. The molecule has 0 aliphatic carbocycles. The lowest BCUT2D eigenvalue weighted by atomic mass is 9.93. The highest BCUT2D eigenvalue weighted by atomic mass is 16.5. The number of aliphatic hydroxyl groups is 1. The molecule has 1 aliphatic heterocycles. The van der Waals surface area contributed by atoms with E-state index in [1.807, 2.05) is 60.7 Å². The minimum absolute atomic E-state index is 0.224. The quantitative estimate of drug-likeness (QED) is 0.417. The Morgan fingerprint density at radius 3 is 2.68 bits per heavy atom. The number of allylic oxidation sites excluding steroid dienone is 1. The second kappa shape index (κ2) is 6.29. The van der Waals surface area contributed by atoms with Crippen LogP contribution in [-0.4, -0.2) is 17.5 Å². The van der Waals surface area contributed by atoms with Crippen LogP contribution in [0.4, 0.5) is 0 Å². The molecule has 1 heterocycles. The monoisotopic (exact) mass is 328 g/mol. The molecule has 3 nitrogen and oxygen atoms in total. The third-order valence-electron chi connectivity index (χ3n) is 4.34.